The first-order chi connectivity index (χ1) is 7.66. The van der Waals surface area contributed by atoms with Gasteiger partial charge in [0, 0.05) is 0 Å². The van der Waals surface area contributed by atoms with Crippen LogP contribution in [-0.2, 0) is 0 Å². The monoisotopic (exact) mass is 224 g/mol. The lowest BCUT2D eigenvalue weighted by molar-refractivity contribution is 0.404. The Labute approximate surface area is 88.5 Å². The highest BCUT2D eigenvalue weighted by Crippen LogP contribution is 2.23. The second-order valence-electron chi connectivity index (χ2n) is 2.90. The van der Waals surface area contributed by atoms with Gasteiger partial charge in [-0.25, -0.2) is 9.37 Å². The average molecular weight is 224 g/mol. The van der Waals surface area contributed by atoms with Gasteiger partial charge in [0.2, 0.25) is 11.7 Å². The number of H-pyrrole nitrogens is 1. The smallest absolute Gasteiger partial charge is 0.254 e. The summed E-state index contributed by atoms with van der Waals surface area (Å²) in [6.07, 6.45) is 1.11. The largest absolute Gasteiger partial charge is 0.436 e. The number of rotatable bonds is 2. The lowest BCUT2D eigenvalue weighted by Crippen LogP contribution is -2.05. The van der Waals surface area contributed by atoms with Gasteiger partial charge in [0.1, 0.15) is 0 Å². The Bertz CT molecular complexity index is 569. The minimum absolute atomic E-state index is 0.103. The first kappa shape index (κ1) is 10.3. The van der Waals surface area contributed by atoms with E-state index in [1.165, 1.54) is 12.1 Å². The Kier molecular flexibility index (Phi) is 2.63. The van der Waals surface area contributed by atoms with Crippen molar-refractivity contribution in [3.63, 3.8) is 0 Å². The van der Waals surface area contributed by atoms with Crippen molar-refractivity contribution in [2.24, 2.45) is 0 Å². The summed E-state index contributed by atoms with van der Waals surface area (Å²) in [5, 5.41) is 0. The maximum absolute atomic E-state index is 13.2. The third-order valence-electron chi connectivity index (χ3n) is 1.78. The number of benzene rings is 1. The zero-order valence-corrected chi connectivity index (χ0v) is 7.91. The topological polar surface area (TPSA) is 55.0 Å². The molecule has 0 amide bonds. The van der Waals surface area contributed by atoms with E-state index in [0.717, 1.165) is 18.5 Å². The van der Waals surface area contributed by atoms with Crippen molar-refractivity contribution in [1.29, 1.82) is 0 Å². The van der Waals surface area contributed by atoms with E-state index in [4.69, 9.17) is 4.74 Å². The Morgan fingerprint density at radius 1 is 1.31 bits per heavy atom. The van der Waals surface area contributed by atoms with Crippen molar-refractivity contribution in [2.45, 2.75) is 0 Å². The number of aromatic nitrogens is 2. The number of hydrogen-bond donors (Lipinski definition) is 1. The molecular weight excluding hydrogens is 218 g/mol. The van der Waals surface area contributed by atoms with Crippen LogP contribution in [0.25, 0.3) is 0 Å². The first-order valence-electron chi connectivity index (χ1n) is 4.33. The Hall–Kier alpha value is -2.24. The predicted molar refractivity (Wildman–Crippen MR) is 51.3 cm³/mol. The molecule has 1 N–H and O–H groups in total. The zero-order valence-electron chi connectivity index (χ0n) is 7.91. The summed E-state index contributed by atoms with van der Waals surface area (Å²) in [4.78, 5) is 16.8. The molecule has 0 fully saturated rings. The molecule has 2 rings (SSSR count). The molecule has 0 aliphatic carbocycles. The number of ether oxygens (including phenoxy) is 1. The fourth-order valence-electron chi connectivity index (χ4n) is 1.08. The van der Waals surface area contributed by atoms with Gasteiger partial charge in [0.25, 0.3) is 5.56 Å². The van der Waals surface area contributed by atoms with Crippen LogP contribution in [0, 0.1) is 11.6 Å². The molecule has 6 heteroatoms. The van der Waals surface area contributed by atoms with Gasteiger partial charge < -0.3 is 9.72 Å². The molecule has 0 radical (unpaired) electrons. The van der Waals surface area contributed by atoms with Gasteiger partial charge in [-0.1, -0.05) is 6.07 Å². The summed E-state index contributed by atoms with van der Waals surface area (Å²) in [5.74, 6) is -2.57. The van der Waals surface area contributed by atoms with E-state index < -0.39 is 17.2 Å². The van der Waals surface area contributed by atoms with Gasteiger partial charge in [-0.15, -0.1) is 0 Å². The summed E-state index contributed by atoms with van der Waals surface area (Å²) in [5.41, 5.74) is -0.443. The Morgan fingerprint density at radius 2 is 2.12 bits per heavy atom. The summed E-state index contributed by atoms with van der Waals surface area (Å²) in [6, 6.07) is 4.53. The summed E-state index contributed by atoms with van der Waals surface area (Å²) in [6.45, 7) is 0. The molecule has 82 valence electrons. The van der Waals surface area contributed by atoms with Gasteiger partial charge in [-0.2, -0.15) is 4.39 Å². The molecule has 4 nitrogen and oxygen atoms in total. The third-order valence-corrected chi connectivity index (χ3v) is 1.78. The van der Waals surface area contributed by atoms with Gasteiger partial charge in [0.15, 0.2) is 11.6 Å². The molecule has 2 aromatic rings. The number of halogens is 2. The van der Waals surface area contributed by atoms with E-state index in [0.29, 0.717) is 0 Å². The van der Waals surface area contributed by atoms with Crippen molar-refractivity contribution in [3.8, 4) is 11.6 Å². The lowest BCUT2D eigenvalue weighted by Gasteiger charge is -2.04. The molecule has 1 aromatic carbocycles. The molecule has 0 atom stereocenters. The second-order valence-corrected chi connectivity index (χ2v) is 2.90. The Balaban J connectivity index is 2.34. The van der Waals surface area contributed by atoms with Gasteiger partial charge in [-0.3, -0.25) is 4.79 Å². The molecular formula is C10H6F2N2O2. The van der Waals surface area contributed by atoms with E-state index in [9.17, 15) is 13.6 Å². The van der Waals surface area contributed by atoms with E-state index in [-0.39, 0.29) is 11.6 Å². The van der Waals surface area contributed by atoms with Crippen molar-refractivity contribution in [2.75, 3.05) is 0 Å². The van der Waals surface area contributed by atoms with Gasteiger partial charge >= 0.3 is 0 Å². The minimum Gasteiger partial charge on any atom is -0.436 e. The standard InChI is InChI=1S/C10H6F2N2O2/c11-6-2-1-3-7(10(6)12)16-9-4-8(15)13-5-14-9/h1-5H,(H,13,14,15). The maximum atomic E-state index is 13.2. The van der Waals surface area contributed by atoms with Crippen LogP contribution in [0.1, 0.15) is 0 Å². The fourth-order valence-corrected chi connectivity index (χ4v) is 1.08. The number of hydrogen-bond acceptors (Lipinski definition) is 3. The van der Waals surface area contributed by atoms with E-state index in [2.05, 4.69) is 9.97 Å². The van der Waals surface area contributed by atoms with Crippen LogP contribution in [0.5, 0.6) is 11.6 Å². The third kappa shape index (κ3) is 2.05. The van der Waals surface area contributed by atoms with Crippen LogP contribution < -0.4 is 10.3 Å². The molecule has 16 heavy (non-hydrogen) atoms. The molecule has 0 aliphatic heterocycles. The average Bonchev–Trinajstić information content (AvgIpc) is 2.25. The van der Waals surface area contributed by atoms with Crippen molar-refractivity contribution < 1.29 is 13.5 Å². The molecule has 0 aliphatic rings. The minimum atomic E-state index is -1.12. The maximum Gasteiger partial charge on any atom is 0.254 e. The zero-order chi connectivity index (χ0) is 11.5. The summed E-state index contributed by atoms with van der Waals surface area (Å²) in [7, 11) is 0. The molecule has 0 unspecified atom stereocenters. The van der Waals surface area contributed by atoms with E-state index >= 15 is 0 Å². The second kappa shape index (κ2) is 4.09. The molecule has 0 spiro atoms. The highest BCUT2D eigenvalue weighted by Gasteiger charge is 2.10. The SMILES string of the molecule is O=c1cc(Oc2cccc(F)c2F)nc[nH]1. The number of nitrogens with zero attached hydrogens (tertiary/aromatic N) is 1. The van der Waals surface area contributed by atoms with Gasteiger partial charge in [0.05, 0.1) is 12.4 Å². The lowest BCUT2D eigenvalue weighted by atomic mass is 10.3. The van der Waals surface area contributed by atoms with E-state index in [1.54, 1.807) is 0 Å². The predicted octanol–water partition coefficient (Wildman–Crippen LogP) is 1.84. The molecule has 0 bridgehead atoms. The molecule has 0 saturated carbocycles. The fraction of sp³-hybridized carbons (Fsp3) is 0. The molecule has 0 saturated heterocycles. The first-order valence-corrected chi connectivity index (χ1v) is 4.33. The normalized spacial score (nSPS) is 10.1. The molecule has 1 heterocycles. The highest BCUT2D eigenvalue weighted by molar-refractivity contribution is 5.28. The molecule has 1 aromatic heterocycles. The van der Waals surface area contributed by atoms with Crippen molar-refractivity contribution >= 4 is 0 Å². The highest BCUT2D eigenvalue weighted by atomic mass is 19.2. The van der Waals surface area contributed by atoms with Crippen LogP contribution in [-0.4, -0.2) is 9.97 Å². The summed E-state index contributed by atoms with van der Waals surface area (Å²) < 4.78 is 30.9. The van der Waals surface area contributed by atoms with Crippen molar-refractivity contribution in [3.05, 3.63) is 52.6 Å². The van der Waals surface area contributed by atoms with Crippen LogP contribution >= 0.6 is 0 Å². The van der Waals surface area contributed by atoms with Gasteiger partial charge in [-0.05, 0) is 12.1 Å². The van der Waals surface area contributed by atoms with Crippen LogP contribution in [0.4, 0.5) is 8.78 Å². The quantitative estimate of drug-likeness (QED) is 0.846. The van der Waals surface area contributed by atoms with Crippen LogP contribution in [0.3, 0.4) is 0 Å². The Morgan fingerprint density at radius 3 is 2.88 bits per heavy atom. The number of nitrogens with one attached hydrogen (secondary N) is 1. The van der Waals surface area contributed by atoms with Crippen molar-refractivity contribution in [1.82, 2.24) is 9.97 Å². The van der Waals surface area contributed by atoms with Crippen LogP contribution in [0.2, 0.25) is 0 Å². The summed E-state index contributed by atoms with van der Waals surface area (Å²) >= 11 is 0. The number of aromatic amines is 1. The van der Waals surface area contributed by atoms with E-state index in [1.807, 2.05) is 0 Å². The van der Waals surface area contributed by atoms with Crippen LogP contribution in [0.15, 0.2) is 35.4 Å².